The van der Waals surface area contributed by atoms with Gasteiger partial charge >= 0.3 is 5.97 Å². The van der Waals surface area contributed by atoms with Crippen LogP contribution in [0.15, 0.2) is 18.2 Å². The number of carbonyl (C=O) groups is 1. The van der Waals surface area contributed by atoms with Crippen molar-refractivity contribution in [3.05, 3.63) is 29.3 Å². The van der Waals surface area contributed by atoms with Gasteiger partial charge in [-0.2, -0.15) is 0 Å². The standard InChI is InChI=1S/C13H18O4/c1-4-17-13(15)12(16-3)8-10-5-6-11(14)9(2)7-10/h5-7,12,14H,4,8H2,1-3H3. The molecule has 0 bridgehead atoms. The zero-order valence-corrected chi connectivity index (χ0v) is 10.4. The Bertz CT molecular complexity index is 387. The van der Waals surface area contributed by atoms with Crippen LogP contribution in [0.25, 0.3) is 0 Å². The van der Waals surface area contributed by atoms with Gasteiger partial charge in [0.2, 0.25) is 0 Å². The highest BCUT2D eigenvalue weighted by Gasteiger charge is 2.19. The normalized spacial score (nSPS) is 12.2. The van der Waals surface area contributed by atoms with Crippen LogP contribution in [0.1, 0.15) is 18.1 Å². The smallest absolute Gasteiger partial charge is 0.335 e. The molecule has 0 amide bonds. The maximum absolute atomic E-state index is 11.5. The fourth-order valence-electron chi connectivity index (χ4n) is 1.56. The number of methoxy groups -OCH3 is 1. The zero-order chi connectivity index (χ0) is 12.8. The number of hydrogen-bond acceptors (Lipinski definition) is 4. The van der Waals surface area contributed by atoms with Gasteiger partial charge in [0.15, 0.2) is 6.10 Å². The average Bonchev–Trinajstić information content (AvgIpc) is 2.30. The molecule has 1 rings (SSSR count). The van der Waals surface area contributed by atoms with E-state index in [-0.39, 0.29) is 11.7 Å². The van der Waals surface area contributed by atoms with Crippen molar-refractivity contribution in [2.75, 3.05) is 13.7 Å². The van der Waals surface area contributed by atoms with Gasteiger partial charge in [-0.25, -0.2) is 4.79 Å². The number of ether oxygens (including phenoxy) is 2. The molecule has 0 aliphatic carbocycles. The largest absolute Gasteiger partial charge is 0.508 e. The van der Waals surface area contributed by atoms with E-state index in [2.05, 4.69) is 0 Å². The van der Waals surface area contributed by atoms with Gasteiger partial charge in [0.1, 0.15) is 5.75 Å². The summed E-state index contributed by atoms with van der Waals surface area (Å²) in [5.74, 6) is -0.112. The summed E-state index contributed by atoms with van der Waals surface area (Å²) >= 11 is 0. The molecule has 1 atom stereocenters. The third-order valence-corrected chi connectivity index (χ3v) is 2.52. The predicted molar refractivity (Wildman–Crippen MR) is 64.0 cm³/mol. The second-order valence-electron chi connectivity index (χ2n) is 3.80. The van der Waals surface area contributed by atoms with E-state index in [1.807, 2.05) is 13.0 Å². The van der Waals surface area contributed by atoms with E-state index in [1.54, 1.807) is 19.1 Å². The first-order chi connectivity index (χ1) is 8.08. The molecule has 4 heteroatoms. The minimum absolute atomic E-state index is 0.249. The number of aromatic hydroxyl groups is 1. The van der Waals surface area contributed by atoms with E-state index >= 15 is 0 Å². The molecule has 94 valence electrons. The van der Waals surface area contributed by atoms with Crippen LogP contribution in [-0.2, 0) is 20.7 Å². The maximum atomic E-state index is 11.5. The highest BCUT2D eigenvalue weighted by atomic mass is 16.6. The van der Waals surface area contributed by atoms with Crippen molar-refractivity contribution < 1.29 is 19.4 Å². The van der Waals surface area contributed by atoms with Crippen LogP contribution < -0.4 is 0 Å². The Hall–Kier alpha value is -1.55. The Morgan fingerprint density at radius 1 is 1.47 bits per heavy atom. The van der Waals surface area contributed by atoms with Crippen LogP contribution in [0.4, 0.5) is 0 Å². The van der Waals surface area contributed by atoms with E-state index in [4.69, 9.17) is 9.47 Å². The summed E-state index contributed by atoms with van der Waals surface area (Å²) in [4.78, 5) is 11.5. The topological polar surface area (TPSA) is 55.8 Å². The molecule has 1 N–H and O–H groups in total. The number of phenols is 1. The summed E-state index contributed by atoms with van der Waals surface area (Å²) in [5.41, 5.74) is 1.71. The number of phenolic OH excluding ortho intramolecular Hbond substituents is 1. The van der Waals surface area contributed by atoms with Crippen molar-refractivity contribution in [2.45, 2.75) is 26.4 Å². The number of benzene rings is 1. The van der Waals surface area contributed by atoms with Crippen LogP contribution in [0, 0.1) is 6.92 Å². The van der Waals surface area contributed by atoms with E-state index in [1.165, 1.54) is 7.11 Å². The average molecular weight is 238 g/mol. The van der Waals surface area contributed by atoms with Crippen molar-refractivity contribution in [3.8, 4) is 5.75 Å². The van der Waals surface area contributed by atoms with Gasteiger partial charge in [-0.15, -0.1) is 0 Å². The quantitative estimate of drug-likeness (QED) is 0.795. The lowest BCUT2D eigenvalue weighted by Gasteiger charge is -2.14. The Kier molecular flexibility index (Phi) is 4.97. The molecular formula is C13H18O4. The maximum Gasteiger partial charge on any atom is 0.335 e. The number of rotatable bonds is 5. The van der Waals surface area contributed by atoms with Gasteiger partial charge < -0.3 is 14.6 Å². The first-order valence-electron chi connectivity index (χ1n) is 5.56. The third-order valence-electron chi connectivity index (χ3n) is 2.52. The van der Waals surface area contributed by atoms with Crippen LogP contribution in [0.3, 0.4) is 0 Å². The molecule has 0 aliphatic heterocycles. The number of aryl methyl sites for hydroxylation is 1. The summed E-state index contributed by atoms with van der Waals surface area (Å²) in [6.45, 7) is 3.91. The molecular weight excluding hydrogens is 220 g/mol. The number of carbonyl (C=O) groups excluding carboxylic acids is 1. The summed E-state index contributed by atoms with van der Waals surface area (Å²) in [6, 6.07) is 5.22. The minimum Gasteiger partial charge on any atom is -0.508 e. The Morgan fingerprint density at radius 2 is 2.18 bits per heavy atom. The van der Waals surface area contributed by atoms with Crippen molar-refractivity contribution in [1.82, 2.24) is 0 Å². The van der Waals surface area contributed by atoms with Gasteiger partial charge in [-0.05, 0) is 31.0 Å². The van der Waals surface area contributed by atoms with Gasteiger partial charge in [-0.3, -0.25) is 0 Å². The highest BCUT2D eigenvalue weighted by Crippen LogP contribution is 2.18. The monoisotopic (exact) mass is 238 g/mol. The molecule has 0 radical (unpaired) electrons. The fourth-order valence-corrected chi connectivity index (χ4v) is 1.56. The van der Waals surface area contributed by atoms with Gasteiger partial charge in [-0.1, -0.05) is 12.1 Å². The molecule has 0 heterocycles. The minimum atomic E-state index is -0.598. The fraction of sp³-hybridized carbons (Fsp3) is 0.462. The second kappa shape index (κ2) is 6.25. The molecule has 0 fully saturated rings. The molecule has 1 aromatic rings. The van der Waals surface area contributed by atoms with Crippen LogP contribution in [0.5, 0.6) is 5.75 Å². The molecule has 1 aromatic carbocycles. The predicted octanol–water partition coefficient (Wildman–Crippen LogP) is 1.82. The first kappa shape index (κ1) is 13.5. The second-order valence-corrected chi connectivity index (χ2v) is 3.80. The molecule has 0 spiro atoms. The van der Waals surface area contributed by atoms with E-state index in [9.17, 15) is 9.90 Å². The lowest BCUT2D eigenvalue weighted by atomic mass is 10.0. The third kappa shape index (κ3) is 3.75. The van der Waals surface area contributed by atoms with E-state index < -0.39 is 6.10 Å². The van der Waals surface area contributed by atoms with E-state index in [0.29, 0.717) is 13.0 Å². The molecule has 0 aromatic heterocycles. The summed E-state index contributed by atoms with van der Waals surface area (Å²) < 4.78 is 10.0. The van der Waals surface area contributed by atoms with Crippen molar-refractivity contribution >= 4 is 5.97 Å². The molecule has 0 saturated heterocycles. The lowest BCUT2D eigenvalue weighted by Crippen LogP contribution is -2.27. The number of esters is 1. The molecule has 4 nitrogen and oxygen atoms in total. The first-order valence-corrected chi connectivity index (χ1v) is 5.56. The Balaban J connectivity index is 2.73. The van der Waals surface area contributed by atoms with E-state index in [0.717, 1.165) is 11.1 Å². The Labute approximate surface area is 101 Å². The van der Waals surface area contributed by atoms with Gasteiger partial charge in [0.05, 0.1) is 6.61 Å². The Morgan fingerprint density at radius 3 is 2.71 bits per heavy atom. The van der Waals surface area contributed by atoms with Gasteiger partial charge in [0, 0.05) is 13.5 Å². The zero-order valence-electron chi connectivity index (χ0n) is 10.4. The highest BCUT2D eigenvalue weighted by molar-refractivity contribution is 5.75. The summed E-state index contributed by atoms with van der Waals surface area (Å²) in [7, 11) is 1.48. The molecule has 1 unspecified atom stereocenters. The van der Waals surface area contributed by atoms with Crippen LogP contribution >= 0.6 is 0 Å². The SMILES string of the molecule is CCOC(=O)C(Cc1ccc(O)c(C)c1)OC. The van der Waals surface area contributed by atoms with Crippen molar-refractivity contribution in [3.63, 3.8) is 0 Å². The summed E-state index contributed by atoms with van der Waals surface area (Å²) in [6.07, 6.45) is -0.157. The van der Waals surface area contributed by atoms with Crippen molar-refractivity contribution in [1.29, 1.82) is 0 Å². The molecule has 0 aliphatic rings. The number of hydrogen-bond donors (Lipinski definition) is 1. The lowest BCUT2D eigenvalue weighted by molar-refractivity contribution is -0.154. The van der Waals surface area contributed by atoms with Crippen LogP contribution in [0.2, 0.25) is 0 Å². The van der Waals surface area contributed by atoms with Crippen LogP contribution in [-0.4, -0.2) is 30.9 Å². The molecule has 0 saturated carbocycles. The van der Waals surface area contributed by atoms with Crippen molar-refractivity contribution in [2.24, 2.45) is 0 Å². The summed E-state index contributed by atoms with van der Waals surface area (Å²) in [5, 5.41) is 9.41. The molecule has 17 heavy (non-hydrogen) atoms. The van der Waals surface area contributed by atoms with Gasteiger partial charge in [0.25, 0.3) is 0 Å².